The minimum absolute atomic E-state index is 0.579. The topological polar surface area (TPSA) is 41.5 Å². The molecule has 0 fully saturated rings. The van der Waals surface area contributed by atoms with Crippen molar-refractivity contribution in [2.45, 2.75) is 44.9 Å². The second kappa shape index (κ2) is 12.7. The lowest BCUT2D eigenvalue weighted by molar-refractivity contribution is 0.558. The highest BCUT2D eigenvalue weighted by atomic mass is 32.1. The summed E-state index contributed by atoms with van der Waals surface area (Å²) in [5.74, 6) is 0. The summed E-state index contributed by atoms with van der Waals surface area (Å²) in [6, 6.07) is 0. The van der Waals surface area contributed by atoms with Gasteiger partial charge >= 0.3 is 0 Å². The first-order chi connectivity index (χ1) is 7.77. The molecule has 0 saturated heterocycles. The molecule has 92 valence electrons. The van der Waals surface area contributed by atoms with Gasteiger partial charge in [0.25, 0.3) is 0 Å². The van der Waals surface area contributed by atoms with Crippen LogP contribution in [0.5, 0.6) is 0 Å². The molecule has 0 rings (SSSR count). The van der Waals surface area contributed by atoms with Crippen LogP contribution >= 0.6 is 24.8 Å². The van der Waals surface area contributed by atoms with E-state index in [1.54, 1.807) is 6.08 Å². The number of carbonyl (C=O) groups excluding carboxylic acids is 1. The molecule has 0 amide bonds. The molecule has 5 heteroatoms. The van der Waals surface area contributed by atoms with Gasteiger partial charge in [-0.25, -0.2) is 9.79 Å². The molecular weight excluding hydrogens is 240 g/mol. The molecule has 0 radical (unpaired) electrons. The van der Waals surface area contributed by atoms with Crippen molar-refractivity contribution in [2.24, 2.45) is 4.99 Å². The summed E-state index contributed by atoms with van der Waals surface area (Å²) >= 11 is 8.76. The van der Waals surface area contributed by atoms with Gasteiger partial charge in [-0.2, -0.15) is 0 Å². The van der Waals surface area contributed by atoms with Crippen LogP contribution in [0.15, 0.2) is 4.99 Å². The Labute approximate surface area is 109 Å². The van der Waals surface area contributed by atoms with Crippen molar-refractivity contribution < 1.29 is 4.79 Å². The number of unbranched alkanes of at least 4 members (excludes halogenated alkanes) is 6. The maximum Gasteiger partial charge on any atom is 0.234 e. The summed E-state index contributed by atoms with van der Waals surface area (Å²) in [6.07, 6.45) is 9.85. The zero-order valence-electron chi connectivity index (χ0n) is 9.57. The minimum Gasteiger partial charge on any atom is -0.371 e. The van der Waals surface area contributed by atoms with Crippen LogP contribution in [0.3, 0.4) is 0 Å². The van der Waals surface area contributed by atoms with Crippen LogP contribution in [-0.4, -0.2) is 23.5 Å². The highest BCUT2D eigenvalue weighted by Crippen LogP contribution is 2.06. The molecule has 0 aromatic carbocycles. The van der Waals surface area contributed by atoms with Crippen molar-refractivity contribution >= 4 is 35.2 Å². The third-order valence-corrected chi connectivity index (χ3v) is 2.59. The van der Waals surface area contributed by atoms with Gasteiger partial charge in [-0.1, -0.05) is 44.3 Å². The first-order valence-corrected chi connectivity index (χ1v) is 6.63. The molecule has 0 aliphatic heterocycles. The van der Waals surface area contributed by atoms with Gasteiger partial charge in [0.2, 0.25) is 6.08 Å². The molecule has 0 bridgehead atoms. The van der Waals surface area contributed by atoms with E-state index in [0.29, 0.717) is 10.9 Å². The molecule has 0 unspecified atom stereocenters. The number of rotatable bonds is 10. The second-order valence-electron chi connectivity index (χ2n) is 3.68. The van der Waals surface area contributed by atoms with E-state index in [1.165, 1.54) is 25.7 Å². The second-order valence-corrected chi connectivity index (χ2v) is 4.84. The predicted molar refractivity (Wildman–Crippen MR) is 74.9 cm³/mol. The largest absolute Gasteiger partial charge is 0.371 e. The molecule has 3 nitrogen and oxygen atoms in total. The molecule has 0 spiro atoms. The molecule has 0 saturated carbocycles. The van der Waals surface area contributed by atoms with Gasteiger partial charge in [0.1, 0.15) is 4.32 Å². The van der Waals surface area contributed by atoms with Gasteiger partial charge < -0.3 is 5.32 Å². The van der Waals surface area contributed by atoms with E-state index < -0.39 is 0 Å². The molecule has 1 N–H and O–H groups in total. The summed E-state index contributed by atoms with van der Waals surface area (Å²) in [6.45, 7) is 1.56. The fraction of sp³-hybridized carbons (Fsp3) is 0.818. The lowest BCUT2D eigenvalue weighted by atomic mass is 10.1. The Kier molecular flexibility index (Phi) is 12.4. The van der Waals surface area contributed by atoms with Crippen LogP contribution in [0, 0.1) is 0 Å². The molecule has 0 aliphatic carbocycles. The van der Waals surface area contributed by atoms with Crippen LogP contribution in [0.1, 0.15) is 44.9 Å². The van der Waals surface area contributed by atoms with Crippen molar-refractivity contribution in [3.8, 4) is 0 Å². The number of nitrogens with zero attached hydrogens (tertiary/aromatic N) is 1. The van der Waals surface area contributed by atoms with E-state index in [4.69, 9.17) is 12.2 Å². The van der Waals surface area contributed by atoms with Gasteiger partial charge in [-0.05, 0) is 12.8 Å². The monoisotopic (exact) mass is 260 g/mol. The van der Waals surface area contributed by atoms with E-state index >= 15 is 0 Å². The van der Waals surface area contributed by atoms with Crippen molar-refractivity contribution in [1.29, 1.82) is 0 Å². The standard InChI is InChI=1S/C11H20N2OS2/c14-10-12-8-6-4-2-1-3-5-7-9-13-11(15)16/h1-9H2,(H2,13,15,16). The van der Waals surface area contributed by atoms with E-state index in [0.717, 1.165) is 25.8 Å². The van der Waals surface area contributed by atoms with Gasteiger partial charge in [-0.15, -0.1) is 12.6 Å². The Hall–Kier alpha value is -0.380. The van der Waals surface area contributed by atoms with Crippen LogP contribution in [-0.2, 0) is 4.79 Å². The third kappa shape index (κ3) is 13.6. The summed E-state index contributed by atoms with van der Waals surface area (Å²) in [4.78, 5) is 13.3. The number of hydrogen-bond donors (Lipinski definition) is 2. The van der Waals surface area contributed by atoms with E-state index in [1.807, 2.05) is 0 Å². The van der Waals surface area contributed by atoms with E-state index in [-0.39, 0.29) is 0 Å². The Morgan fingerprint density at radius 3 is 2.25 bits per heavy atom. The average Bonchev–Trinajstić information content (AvgIpc) is 2.25. The Morgan fingerprint density at radius 2 is 1.69 bits per heavy atom. The molecule has 0 atom stereocenters. The van der Waals surface area contributed by atoms with E-state index in [9.17, 15) is 4.79 Å². The minimum atomic E-state index is 0.579. The fourth-order valence-electron chi connectivity index (χ4n) is 1.44. The number of aliphatic imine (C=N–C) groups is 1. The number of thiol groups is 1. The van der Waals surface area contributed by atoms with Crippen LogP contribution < -0.4 is 5.32 Å². The van der Waals surface area contributed by atoms with Crippen LogP contribution in [0.2, 0.25) is 0 Å². The van der Waals surface area contributed by atoms with Crippen molar-refractivity contribution in [2.75, 3.05) is 13.1 Å². The predicted octanol–water partition coefficient (Wildman–Crippen LogP) is 2.86. The van der Waals surface area contributed by atoms with Gasteiger partial charge in [0.15, 0.2) is 0 Å². The lowest BCUT2D eigenvalue weighted by Crippen LogP contribution is -2.17. The molecule has 0 heterocycles. The summed E-state index contributed by atoms with van der Waals surface area (Å²) in [7, 11) is 0. The molecular formula is C11H20N2OS2. The Balaban J connectivity index is 2.98. The zero-order chi connectivity index (χ0) is 12.1. The van der Waals surface area contributed by atoms with Crippen LogP contribution in [0.4, 0.5) is 0 Å². The normalized spacial score (nSPS) is 9.56. The number of thiocarbonyl (C=S) groups is 1. The van der Waals surface area contributed by atoms with Crippen molar-refractivity contribution in [1.82, 2.24) is 5.32 Å². The quantitative estimate of drug-likeness (QED) is 0.209. The maximum atomic E-state index is 9.78. The average molecular weight is 260 g/mol. The van der Waals surface area contributed by atoms with Crippen molar-refractivity contribution in [3.05, 3.63) is 0 Å². The fourth-order valence-corrected chi connectivity index (χ4v) is 1.65. The molecule has 0 aromatic rings. The highest BCUT2D eigenvalue weighted by Gasteiger charge is 1.92. The number of nitrogens with one attached hydrogen (secondary N) is 1. The smallest absolute Gasteiger partial charge is 0.234 e. The molecule has 16 heavy (non-hydrogen) atoms. The number of isocyanates is 1. The molecule has 0 aliphatic rings. The van der Waals surface area contributed by atoms with Gasteiger partial charge in [-0.3, -0.25) is 0 Å². The SMILES string of the molecule is O=C=NCCCCCCCCCNC(=S)S. The summed E-state index contributed by atoms with van der Waals surface area (Å²) in [5.41, 5.74) is 0. The summed E-state index contributed by atoms with van der Waals surface area (Å²) < 4.78 is 0.579. The van der Waals surface area contributed by atoms with E-state index in [2.05, 4.69) is 22.9 Å². The Morgan fingerprint density at radius 1 is 1.12 bits per heavy atom. The Bertz CT molecular complexity index is 218. The first kappa shape index (κ1) is 15.6. The number of hydrogen-bond acceptors (Lipinski definition) is 3. The van der Waals surface area contributed by atoms with Gasteiger partial charge in [0.05, 0.1) is 6.54 Å². The third-order valence-electron chi connectivity index (χ3n) is 2.29. The highest BCUT2D eigenvalue weighted by molar-refractivity contribution is 8.11. The first-order valence-electron chi connectivity index (χ1n) is 5.78. The molecule has 0 aromatic heterocycles. The maximum absolute atomic E-state index is 9.78. The lowest BCUT2D eigenvalue weighted by Gasteiger charge is -2.03. The summed E-state index contributed by atoms with van der Waals surface area (Å²) in [5, 5.41) is 3.02. The van der Waals surface area contributed by atoms with Crippen LogP contribution in [0.25, 0.3) is 0 Å². The van der Waals surface area contributed by atoms with Gasteiger partial charge in [0, 0.05) is 6.54 Å². The van der Waals surface area contributed by atoms with Crippen molar-refractivity contribution in [3.63, 3.8) is 0 Å². The zero-order valence-corrected chi connectivity index (χ0v) is 11.3.